The fourth-order valence-electron chi connectivity index (χ4n) is 4.69. The molecule has 2 aromatic carbocycles. The predicted molar refractivity (Wildman–Crippen MR) is 138 cm³/mol. The monoisotopic (exact) mass is 515 g/mol. The topological polar surface area (TPSA) is 91.3 Å². The Morgan fingerprint density at radius 3 is 2.53 bits per heavy atom. The molecule has 2 N–H and O–H groups in total. The highest BCUT2D eigenvalue weighted by atomic mass is 35.5. The smallest absolute Gasteiger partial charge is 0.227 e. The lowest BCUT2D eigenvalue weighted by Crippen LogP contribution is -2.40. The quantitative estimate of drug-likeness (QED) is 0.531. The number of nitrogens with zero attached hydrogens (tertiary/aromatic N) is 2. The molecule has 0 radical (unpaired) electrons. The van der Waals surface area contributed by atoms with Gasteiger partial charge in [-0.2, -0.15) is 0 Å². The first-order valence-electron chi connectivity index (χ1n) is 12.5. The zero-order chi connectivity index (χ0) is 25.5. The van der Waals surface area contributed by atoms with Crippen molar-refractivity contribution in [2.24, 2.45) is 5.92 Å². The van der Waals surface area contributed by atoms with Crippen LogP contribution in [0.25, 0.3) is 0 Å². The highest BCUT2D eigenvalue weighted by Gasteiger charge is 2.27. The summed E-state index contributed by atoms with van der Waals surface area (Å²) in [6.07, 6.45) is 1.56. The standard InChI is InChI=1S/C27H34ClN3O5/c1-19(32)31-14-10-20(11-15-31)27(34)29-25-4-2-3-5-26(25)35-18-22(33)16-30-13-12-24(17-30)36-23-8-6-21(28)7-9-23/h2-9,20,22,24,33H,10-18H2,1H3,(H,29,34). The molecule has 2 heterocycles. The molecular weight excluding hydrogens is 482 g/mol. The Morgan fingerprint density at radius 2 is 1.81 bits per heavy atom. The maximum absolute atomic E-state index is 12.8. The van der Waals surface area contributed by atoms with Crippen LogP contribution in [-0.4, -0.2) is 78.3 Å². The average Bonchev–Trinajstić information content (AvgIpc) is 3.31. The first-order chi connectivity index (χ1) is 17.4. The Morgan fingerprint density at radius 1 is 1.08 bits per heavy atom. The molecule has 2 fully saturated rings. The first kappa shape index (κ1) is 26.3. The number of amides is 2. The highest BCUT2D eigenvalue weighted by Crippen LogP contribution is 2.27. The summed E-state index contributed by atoms with van der Waals surface area (Å²) in [4.78, 5) is 28.3. The normalized spacial score (nSPS) is 19.6. The summed E-state index contributed by atoms with van der Waals surface area (Å²) in [7, 11) is 0. The summed E-state index contributed by atoms with van der Waals surface area (Å²) >= 11 is 5.93. The minimum atomic E-state index is -0.682. The van der Waals surface area contributed by atoms with Crippen molar-refractivity contribution in [3.8, 4) is 11.5 Å². The van der Waals surface area contributed by atoms with E-state index in [0.29, 0.717) is 48.9 Å². The number of carbonyl (C=O) groups excluding carboxylic acids is 2. The average molecular weight is 516 g/mol. The van der Waals surface area contributed by atoms with Gasteiger partial charge in [0.25, 0.3) is 0 Å². The van der Waals surface area contributed by atoms with Crippen molar-refractivity contribution < 1.29 is 24.2 Å². The van der Waals surface area contributed by atoms with Crippen LogP contribution in [0.4, 0.5) is 5.69 Å². The number of hydrogen-bond donors (Lipinski definition) is 2. The number of aliphatic hydroxyl groups is 1. The molecule has 8 nitrogen and oxygen atoms in total. The Balaban J connectivity index is 1.22. The van der Waals surface area contributed by atoms with Crippen LogP contribution in [0.5, 0.6) is 11.5 Å². The zero-order valence-electron chi connectivity index (χ0n) is 20.6. The molecule has 194 valence electrons. The van der Waals surface area contributed by atoms with E-state index in [1.54, 1.807) is 24.0 Å². The van der Waals surface area contributed by atoms with Gasteiger partial charge in [-0.1, -0.05) is 23.7 Å². The van der Waals surface area contributed by atoms with Gasteiger partial charge in [0.05, 0.1) is 5.69 Å². The number of β-amino-alcohol motifs (C(OH)–C–C–N with tert-alkyl or cyclic N) is 1. The maximum Gasteiger partial charge on any atom is 0.227 e. The van der Waals surface area contributed by atoms with Gasteiger partial charge < -0.3 is 24.8 Å². The molecule has 2 unspecified atom stereocenters. The van der Waals surface area contributed by atoms with Crippen molar-refractivity contribution in [2.75, 3.05) is 44.6 Å². The summed E-state index contributed by atoms with van der Waals surface area (Å²) in [5.74, 6) is 1.15. The number of benzene rings is 2. The molecule has 0 bridgehead atoms. The molecule has 2 amide bonds. The summed E-state index contributed by atoms with van der Waals surface area (Å²) in [6.45, 7) is 4.91. The number of ether oxygens (including phenoxy) is 2. The van der Waals surface area contributed by atoms with Crippen molar-refractivity contribution in [3.63, 3.8) is 0 Å². The van der Waals surface area contributed by atoms with Gasteiger partial charge in [-0.3, -0.25) is 14.5 Å². The third-order valence-electron chi connectivity index (χ3n) is 6.70. The van der Waals surface area contributed by atoms with E-state index in [-0.39, 0.29) is 30.4 Å². The number of hydrogen-bond acceptors (Lipinski definition) is 6. The van der Waals surface area contributed by atoms with Gasteiger partial charge in [-0.05, 0) is 55.7 Å². The number of likely N-dealkylation sites (tertiary alicyclic amines) is 2. The van der Waals surface area contributed by atoms with Crippen LogP contribution < -0.4 is 14.8 Å². The van der Waals surface area contributed by atoms with E-state index >= 15 is 0 Å². The summed E-state index contributed by atoms with van der Waals surface area (Å²) in [5.41, 5.74) is 0.585. The summed E-state index contributed by atoms with van der Waals surface area (Å²) in [5, 5.41) is 14.2. The van der Waals surface area contributed by atoms with Crippen LogP contribution in [0, 0.1) is 5.92 Å². The molecule has 2 saturated heterocycles. The second-order valence-electron chi connectivity index (χ2n) is 9.47. The maximum atomic E-state index is 12.8. The number of rotatable bonds is 9. The fraction of sp³-hybridized carbons (Fsp3) is 0.481. The molecule has 9 heteroatoms. The number of anilines is 1. The van der Waals surface area contributed by atoms with Gasteiger partial charge in [0, 0.05) is 50.6 Å². The van der Waals surface area contributed by atoms with Gasteiger partial charge in [-0.15, -0.1) is 0 Å². The molecule has 0 aromatic heterocycles. The predicted octanol–water partition coefficient (Wildman–Crippen LogP) is 3.43. The number of para-hydroxylation sites is 2. The molecule has 2 aromatic rings. The van der Waals surface area contributed by atoms with Crippen LogP contribution in [0.1, 0.15) is 26.2 Å². The van der Waals surface area contributed by atoms with E-state index in [0.717, 1.165) is 25.3 Å². The van der Waals surface area contributed by atoms with Crippen LogP contribution >= 0.6 is 11.6 Å². The third-order valence-corrected chi connectivity index (χ3v) is 6.95. The van der Waals surface area contributed by atoms with Crippen LogP contribution in [-0.2, 0) is 9.59 Å². The number of halogens is 1. The van der Waals surface area contributed by atoms with Gasteiger partial charge in [0.15, 0.2) is 0 Å². The Bertz CT molecular complexity index is 1030. The van der Waals surface area contributed by atoms with E-state index < -0.39 is 6.10 Å². The Kier molecular flexibility index (Phi) is 9.07. The summed E-state index contributed by atoms with van der Waals surface area (Å²) < 4.78 is 11.9. The van der Waals surface area contributed by atoms with Gasteiger partial charge >= 0.3 is 0 Å². The molecule has 0 spiro atoms. The van der Waals surface area contributed by atoms with E-state index in [4.69, 9.17) is 21.1 Å². The molecule has 4 rings (SSSR count). The highest BCUT2D eigenvalue weighted by molar-refractivity contribution is 6.30. The number of aliphatic hydroxyl groups excluding tert-OH is 1. The second kappa shape index (κ2) is 12.4. The fourth-order valence-corrected chi connectivity index (χ4v) is 4.81. The van der Waals surface area contributed by atoms with Crippen molar-refractivity contribution in [3.05, 3.63) is 53.6 Å². The van der Waals surface area contributed by atoms with Crippen LogP contribution in [0.3, 0.4) is 0 Å². The van der Waals surface area contributed by atoms with Gasteiger partial charge in [0.1, 0.15) is 30.3 Å². The number of nitrogens with one attached hydrogen (secondary N) is 1. The molecule has 2 aliphatic rings. The van der Waals surface area contributed by atoms with Crippen molar-refractivity contribution in [1.82, 2.24) is 9.80 Å². The number of piperidine rings is 1. The van der Waals surface area contributed by atoms with E-state index in [2.05, 4.69) is 10.2 Å². The lowest BCUT2D eigenvalue weighted by Gasteiger charge is -2.30. The molecule has 0 aliphatic carbocycles. The van der Waals surface area contributed by atoms with Crippen LogP contribution in [0.2, 0.25) is 5.02 Å². The largest absolute Gasteiger partial charge is 0.489 e. The van der Waals surface area contributed by atoms with Gasteiger partial charge in [0.2, 0.25) is 11.8 Å². The minimum absolute atomic E-state index is 0.0460. The van der Waals surface area contributed by atoms with Crippen molar-refractivity contribution >= 4 is 29.1 Å². The first-order valence-corrected chi connectivity index (χ1v) is 12.9. The lowest BCUT2D eigenvalue weighted by atomic mass is 9.96. The molecule has 2 atom stereocenters. The Labute approximate surface area is 217 Å². The van der Waals surface area contributed by atoms with E-state index in [1.807, 2.05) is 36.4 Å². The SMILES string of the molecule is CC(=O)N1CCC(C(=O)Nc2ccccc2OCC(O)CN2CCC(Oc3ccc(Cl)cc3)C2)CC1. The van der Waals surface area contributed by atoms with Crippen molar-refractivity contribution in [1.29, 1.82) is 0 Å². The molecule has 36 heavy (non-hydrogen) atoms. The van der Waals surface area contributed by atoms with E-state index in [9.17, 15) is 14.7 Å². The molecule has 2 aliphatic heterocycles. The van der Waals surface area contributed by atoms with Crippen LogP contribution in [0.15, 0.2) is 48.5 Å². The molecular formula is C27H34ClN3O5. The van der Waals surface area contributed by atoms with E-state index in [1.165, 1.54) is 0 Å². The van der Waals surface area contributed by atoms with Crippen molar-refractivity contribution in [2.45, 2.75) is 38.4 Å². The minimum Gasteiger partial charge on any atom is -0.489 e. The zero-order valence-corrected chi connectivity index (χ0v) is 21.3. The number of carbonyl (C=O) groups is 2. The summed E-state index contributed by atoms with van der Waals surface area (Å²) in [6, 6.07) is 14.6. The Hall–Kier alpha value is -2.81. The third kappa shape index (κ3) is 7.35. The molecule has 0 saturated carbocycles. The second-order valence-corrected chi connectivity index (χ2v) is 9.91. The lowest BCUT2D eigenvalue weighted by molar-refractivity contribution is -0.132. The van der Waals surface area contributed by atoms with Gasteiger partial charge in [-0.25, -0.2) is 0 Å².